The molecule has 6 heteroatoms. The number of carbonyl (C=O) groups excluding carboxylic acids is 3. The van der Waals surface area contributed by atoms with E-state index in [1.54, 1.807) is 6.92 Å². The zero-order valence-electron chi connectivity index (χ0n) is 9.47. The summed E-state index contributed by atoms with van der Waals surface area (Å²) >= 11 is 0. The summed E-state index contributed by atoms with van der Waals surface area (Å²) in [4.78, 5) is 34.1. The Bertz CT molecular complexity index is 406. The van der Waals surface area contributed by atoms with Crippen molar-refractivity contribution in [1.29, 1.82) is 0 Å². The summed E-state index contributed by atoms with van der Waals surface area (Å²) in [5, 5.41) is 0. The largest absolute Gasteiger partial charge is 0.463 e. The molecule has 6 nitrogen and oxygen atoms in total. The molecule has 0 amide bonds. The van der Waals surface area contributed by atoms with E-state index >= 15 is 0 Å². The summed E-state index contributed by atoms with van der Waals surface area (Å²) < 4.78 is 14.1. The van der Waals surface area contributed by atoms with Gasteiger partial charge in [-0.25, -0.2) is 4.79 Å². The van der Waals surface area contributed by atoms with Crippen molar-refractivity contribution < 1.29 is 28.3 Å². The summed E-state index contributed by atoms with van der Waals surface area (Å²) in [5.41, 5.74) is 0. The zero-order chi connectivity index (χ0) is 12.8. The fourth-order valence-corrected chi connectivity index (χ4v) is 1.14. The first-order valence-corrected chi connectivity index (χ1v) is 4.97. The maximum absolute atomic E-state index is 11.8. The molecule has 1 aromatic heterocycles. The number of hydrogen-bond donors (Lipinski definition) is 0. The fraction of sp³-hybridized carbons (Fsp3) is 0.364. The van der Waals surface area contributed by atoms with E-state index in [4.69, 9.17) is 4.42 Å². The Labute approximate surface area is 97.5 Å². The molecule has 0 unspecified atom stereocenters. The Morgan fingerprint density at radius 2 is 2.12 bits per heavy atom. The number of ether oxygens (including phenoxy) is 2. The third-order valence-corrected chi connectivity index (χ3v) is 1.79. The van der Waals surface area contributed by atoms with Gasteiger partial charge < -0.3 is 13.9 Å². The highest BCUT2D eigenvalue weighted by atomic mass is 16.6. The lowest BCUT2D eigenvalue weighted by Crippen LogP contribution is -2.36. The first-order chi connectivity index (χ1) is 8.06. The SMILES string of the molecule is CCOC(=O)[C@@H](OC(C)=O)C(=O)c1ccco1. The predicted molar refractivity (Wildman–Crippen MR) is 55.2 cm³/mol. The molecule has 0 saturated carbocycles. The van der Waals surface area contributed by atoms with Crippen LogP contribution in [0.2, 0.25) is 0 Å². The van der Waals surface area contributed by atoms with E-state index in [1.165, 1.54) is 18.4 Å². The third-order valence-electron chi connectivity index (χ3n) is 1.79. The normalized spacial score (nSPS) is 11.6. The molecule has 0 bridgehead atoms. The number of Topliss-reactive ketones (excluding diaryl/α,β-unsaturated/α-hetero) is 1. The molecule has 0 saturated heterocycles. The molecular weight excluding hydrogens is 228 g/mol. The van der Waals surface area contributed by atoms with Gasteiger partial charge in [0, 0.05) is 6.92 Å². The molecule has 0 aliphatic heterocycles. The van der Waals surface area contributed by atoms with Gasteiger partial charge in [-0.1, -0.05) is 0 Å². The maximum Gasteiger partial charge on any atom is 0.355 e. The van der Waals surface area contributed by atoms with Crippen LogP contribution in [0.4, 0.5) is 0 Å². The molecule has 1 heterocycles. The van der Waals surface area contributed by atoms with Gasteiger partial charge in [0.1, 0.15) is 0 Å². The van der Waals surface area contributed by atoms with Crippen LogP contribution < -0.4 is 0 Å². The molecule has 0 fully saturated rings. The first kappa shape index (κ1) is 13.0. The van der Waals surface area contributed by atoms with E-state index in [9.17, 15) is 14.4 Å². The molecule has 92 valence electrons. The highest BCUT2D eigenvalue weighted by molar-refractivity contribution is 6.10. The van der Waals surface area contributed by atoms with Crippen molar-refractivity contribution in [3.05, 3.63) is 24.2 Å². The van der Waals surface area contributed by atoms with Gasteiger partial charge >= 0.3 is 11.9 Å². The number of furan rings is 1. The van der Waals surface area contributed by atoms with Crippen LogP contribution in [0.25, 0.3) is 0 Å². The van der Waals surface area contributed by atoms with Crippen molar-refractivity contribution in [3.8, 4) is 0 Å². The Balaban J connectivity index is 2.86. The van der Waals surface area contributed by atoms with Crippen LogP contribution in [-0.2, 0) is 19.1 Å². The van der Waals surface area contributed by atoms with Gasteiger partial charge in [0.2, 0.25) is 5.78 Å². The second-order valence-corrected chi connectivity index (χ2v) is 3.08. The highest BCUT2D eigenvalue weighted by Gasteiger charge is 2.33. The van der Waals surface area contributed by atoms with Crippen LogP contribution in [-0.4, -0.2) is 30.4 Å². The average molecular weight is 240 g/mol. The van der Waals surface area contributed by atoms with E-state index < -0.39 is 23.8 Å². The molecule has 1 aromatic rings. The van der Waals surface area contributed by atoms with Crippen molar-refractivity contribution in [3.63, 3.8) is 0 Å². The van der Waals surface area contributed by atoms with Crippen molar-refractivity contribution >= 4 is 17.7 Å². The quantitative estimate of drug-likeness (QED) is 0.433. The van der Waals surface area contributed by atoms with Crippen molar-refractivity contribution in [1.82, 2.24) is 0 Å². The van der Waals surface area contributed by atoms with E-state index in [0.29, 0.717) is 0 Å². The molecule has 0 spiro atoms. The lowest BCUT2D eigenvalue weighted by atomic mass is 10.2. The molecule has 0 aliphatic carbocycles. The minimum atomic E-state index is -1.61. The van der Waals surface area contributed by atoms with Crippen LogP contribution in [0.15, 0.2) is 22.8 Å². The standard InChI is InChI=1S/C11H12O6/c1-3-15-11(14)10(17-7(2)12)9(13)8-5-4-6-16-8/h4-6,10H,3H2,1-2H3/t10-/m0/s1. The molecule has 17 heavy (non-hydrogen) atoms. The molecule has 0 aliphatic rings. The van der Waals surface area contributed by atoms with Gasteiger partial charge in [-0.05, 0) is 19.1 Å². The van der Waals surface area contributed by atoms with Crippen molar-refractivity contribution in [2.45, 2.75) is 20.0 Å². The number of hydrogen-bond acceptors (Lipinski definition) is 6. The van der Waals surface area contributed by atoms with Crippen LogP contribution in [0.5, 0.6) is 0 Å². The molecule has 0 N–H and O–H groups in total. The van der Waals surface area contributed by atoms with Crippen LogP contribution in [0, 0.1) is 0 Å². The van der Waals surface area contributed by atoms with E-state index in [1.807, 2.05) is 0 Å². The predicted octanol–water partition coefficient (Wildman–Crippen LogP) is 0.957. The Morgan fingerprint density at radius 3 is 2.59 bits per heavy atom. The summed E-state index contributed by atoms with van der Waals surface area (Å²) in [6.07, 6.45) is -0.331. The van der Waals surface area contributed by atoms with Crippen LogP contribution >= 0.6 is 0 Å². The monoisotopic (exact) mass is 240 g/mol. The number of ketones is 1. The molecule has 0 aromatic carbocycles. The van der Waals surface area contributed by atoms with Crippen LogP contribution in [0.1, 0.15) is 24.4 Å². The van der Waals surface area contributed by atoms with Gasteiger partial charge in [0.25, 0.3) is 6.10 Å². The Kier molecular flexibility index (Phi) is 4.45. The van der Waals surface area contributed by atoms with Crippen LogP contribution in [0.3, 0.4) is 0 Å². The summed E-state index contributed by atoms with van der Waals surface area (Å²) in [5.74, 6) is -2.47. The summed E-state index contributed by atoms with van der Waals surface area (Å²) in [6.45, 7) is 2.77. The number of rotatable bonds is 5. The van der Waals surface area contributed by atoms with Crippen molar-refractivity contribution in [2.24, 2.45) is 0 Å². The first-order valence-electron chi connectivity index (χ1n) is 4.97. The topological polar surface area (TPSA) is 82.8 Å². The highest BCUT2D eigenvalue weighted by Crippen LogP contribution is 2.09. The van der Waals surface area contributed by atoms with Crippen molar-refractivity contribution in [2.75, 3.05) is 6.61 Å². The maximum atomic E-state index is 11.8. The lowest BCUT2D eigenvalue weighted by molar-refractivity contribution is -0.162. The number of esters is 2. The third kappa shape index (κ3) is 3.44. The van der Waals surface area contributed by atoms with Gasteiger partial charge in [0.15, 0.2) is 5.76 Å². The molecular formula is C11H12O6. The fourth-order valence-electron chi connectivity index (χ4n) is 1.14. The van der Waals surface area contributed by atoms with E-state index in [-0.39, 0.29) is 12.4 Å². The summed E-state index contributed by atoms with van der Waals surface area (Å²) in [7, 11) is 0. The molecule has 1 rings (SSSR count). The minimum Gasteiger partial charge on any atom is -0.463 e. The van der Waals surface area contributed by atoms with E-state index in [2.05, 4.69) is 9.47 Å². The van der Waals surface area contributed by atoms with Gasteiger partial charge in [-0.2, -0.15) is 0 Å². The minimum absolute atomic E-state index is 0.0655. The molecule has 0 radical (unpaired) electrons. The zero-order valence-corrected chi connectivity index (χ0v) is 9.47. The smallest absolute Gasteiger partial charge is 0.355 e. The second kappa shape index (κ2) is 5.83. The van der Waals surface area contributed by atoms with Gasteiger partial charge in [-0.3, -0.25) is 9.59 Å². The average Bonchev–Trinajstić information content (AvgIpc) is 2.78. The number of carbonyl (C=O) groups is 3. The Hall–Kier alpha value is -2.11. The van der Waals surface area contributed by atoms with E-state index in [0.717, 1.165) is 6.92 Å². The molecule has 1 atom stereocenters. The second-order valence-electron chi connectivity index (χ2n) is 3.08. The van der Waals surface area contributed by atoms with Gasteiger partial charge in [0.05, 0.1) is 12.9 Å². The summed E-state index contributed by atoms with van der Waals surface area (Å²) in [6, 6.07) is 2.86. The van der Waals surface area contributed by atoms with Gasteiger partial charge in [-0.15, -0.1) is 0 Å². The Morgan fingerprint density at radius 1 is 1.41 bits per heavy atom. The lowest BCUT2D eigenvalue weighted by Gasteiger charge is -2.12.